The summed E-state index contributed by atoms with van der Waals surface area (Å²) in [4.78, 5) is 1.90. The van der Waals surface area contributed by atoms with Crippen molar-refractivity contribution < 1.29 is 0 Å². The van der Waals surface area contributed by atoms with E-state index in [1.54, 1.807) is 0 Å². The van der Waals surface area contributed by atoms with E-state index in [2.05, 4.69) is 13.1 Å². The molecule has 1 saturated heterocycles. The van der Waals surface area contributed by atoms with Gasteiger partial charge >= 0.3 is 0 Å². The molecule has 1 aliphatic carbocycles. The summed E-state index contributed by atoms with van der Waals surface area (Å²) in [6.45, 7) is 3.22. The van der Waals surface area contributed by atoms with Gasteiger partial charge in [-0.15, -0.1) is 0 Å². The van der Waals surface area contributed by atoms with Crippen LogP contribution in [-0.2, 0) is 0 Å². The highest BCUT2D eigenvalue weighted by molar-refractivity contribution is 5.14. The van der Waals surface area contributed by atoms with Crippen LogP contribution in [0, 0.1) is 17.4 Å². The molecule has 1 unspecified atom stereocenters. The van der Waals surface area contributed by atoms with Gasteiger partial charge in [-0.05, 0) is 25.7 Å². The molecule has 0 aromatic heterocycles. The van der Waals surface area contributed by atoms with E-state index >= 15 is 0 Å². The quantitative estimate of drug-likeness (QED) is 0.402. The van der Waals surface area contributed by atoms with E-state index in [0.29, 0.717) is 0 Å². The molecule has 2 rings (SSSR count). The summed E-state index contributed by atoms with van der Waals surface area (Å²) in [5.41, 5.74) is 0.285. The van der Waals surface area contributed by atoms with Crippen LogP contribution < -0.4 is 0 Å². The van der Waals surface area contributed by atoms with Crippen molar-refractivity contribution >= 4 is 0 Å². The summed E-state index contributed by atoms with van der Waals surface area (Å²) < 4.78 is 0. The zero-order valence-electron chi connectivity index (χ0n) is 6.30. The van der Waals surface area contributed by atoms with Gasteiger partial charge in [-0.1, -0.05) is 6.42 Å². The molecular formula is C8H12N2. The molecule has 54 valence electrons. The lowest BCUT2D eigenvalue weighted by atomic mass is 9.76. The minimum atomic E-state index is 0.285. The van der Waals surface area contributed by atoms with E-state index in [9.17, 15) is 0 Å². The summed E-state index contributed by atoms with van der Waals surface area (Å²) in [7, 11) is 0. The Morgan fingerprint density at radius 2 is 2.30 bits per heavy atom. The number of nitriles is 1. The molecule has 2 aliphatic rings. The van der Waals surface area contributed by atoms with Crippen molar-refractivity contribution in [3.05, 3.63) is 0 Å². The first-order chi connectivity index (χ1) is 4.77. The average molecular weight is 136 g/mol. The number of hydrogen-bond acceptors (Lipinski definition) is 2. The second kappa shape index (κ2) is 1.66. The summed E-state index contributed by atoms with van der Waals surface area (Å²) in [6.07, 6.45) is 6.27. The molecule has 0 bridgehead atoms. The van der Waals surface area contributed by atoms with E-state index in [4.69, 9.17) is 5.26 Å². The molecule has 1 saturated carbocycles. The molecule has 0 spiro atoms. The van der Waals surface area contributed by atoms with Crippen LogP contribution in [0.25, 0.3) is 0 Å². The maximum atomic E-state index is 8.59. The van der Waals surface area contributed by atoms with E-state index < -0.39 is 0 Å². The molecule has 1 atom stereocenters. The first-order valence-corrected chi connectivity index (χ1v) is 3.95. The molecule has 0 amide bonds. The highest BCUT2D eigenvalue weighted by Crippen LogP contribution is 2.47. The highest BCUT2D eigenvalue weighted by atomic mass is 15.4. The summed E-state index contributed by atoms with van der Waals surface area (Å²) in [6, 6.07) is 0. The maximum absolute atomic E-state index is 8.59. The fourth-order valence-electron chi connectivity index (χ4n) is 1.81. The van der Waals surface area contributed by atoms with Crippen LogP contribution in [0.2, 0.25) is 0 Å². The van der Waals surface area contributed by atoms with E-state index in [1.807, 2.05) is 4.90 Å². The van der Waals surface area contributed by atoms with Gasteiger partial charge in [-0.3, -0.25) is 0 Å². The Morgan fingerprint density at radius 3 is 2.60 bits per heavy atom. The summed E-state index contributed by atoms with van der Waals surface area (Å²) >= 11 is 0. The van der Waals surface area contributed by atoms with Crippen molar-refractivity contribution in [1.29, 1.82) is 5.26 Å². The number of hydrogen-bond donors (Lipinski definition) is 0. The Kier molecular flexibility index (Phi) is 1.00. The summed E-state index contributed by atoms with van der Waals surface area (Å²) in [5.74, 6) is 0.826. The first-order valence-electron chi connectivity index (χ1n) is 3.95. The van der Waals surface area contributed by atoms with Gasteiger partial charge in [0.25, 0.3) is 0 Å². The van der Waals surface area contributed by atoms with Crippen molar-refractivity contribution in [2.45, 2.75) is 31.7 Å². The van der Waals surface area contributed by atoms with Crippen LogP contribution in [0.1, 0.15) is 26.2 Å². The lowest BCUT2D eigenvalue weighted by Gasteiger charge is -2.30. The molecule has 2 heteroatoms. The number of nitrogens with zero attached hydrogens (tertiary/aromatic N) is 2. The van der Waals surface area contributed by atoms with Crippen molar-refractivity contribution in [3.8, 4) is 6.19 Å². The Morgan fingerprint density at radius 1 is 1.60 bits per heavy atom. The van der Waals surface area contributed by atoms with Gasteiger partial charge in [0, 0.05) is 0 Å². The Labute approximate surface area is 61.4 Å². The van der Waals surface area contributed by atoms with Crippen LogP contribution in [0.15, 0.2) is 0 Å². The molecule has 2 fully saturated rings. The van der Waals surface area contributed by atoms with Gasteiger partial charge < -0.3 is 4.90 Å². The first kappa shape index (κ1) is 6.03. The van der Waals surface area contributed by atoms with Crippen LogP contribution in [-0.4, -0.2) is 17.0 Å². The third-order valence-corrected chi connectivity index (χ3v) is 3.10. The normalized spacial score (nSPS) is 38.6. The van der Waals surface area contributed by atoms with Gasteiger partial charge in [-0.25, -0.2) is 0 Å². The molecule has 1 aliphatic heterocycles. The van der Waals surface area contributed by atoms with Crippen LogP contribution >= 0.6 is 0 Å². The van der Waals surface area contributed by atoms with Crippen molar-refractivity contribution in [2.75, 3.05) is 6.54 Å². The molecule has 1 heterocycles. The third-order valence-electron chi connectivity index (χ3n) is 3.10. The molecule has 0 N–H and O–H groups in total. The van der Waals surface area contributed by atoms with Crippen LogP contribution in [0.4, 0.5) is 0 Å². The Balaban J connectivity index is 2.00. The van der Waals surface area contributed by atoms with Gasteiger partial charge in [0.2, 0.25) is 0 Å². The monoisotopic (exact) mass is 136 g/mol. The SMILES string of the molecule is CC1(C2CCC2)CN1C#N. The fraction of sp³-hybridized carbons (Fsp3) is 0.875. The molecule has 10 heavy (non-hydrogen) atoms. The third kappa shape index (κ3) is 0.581. The summed E-state index contributed by atoms with van der Waals surface area (Å²) in [5, 5.41) is 8.59. The standard InChI is InChI=1S/C8H12N2/c1-8(5-10(8)6-9)7-3-2-4-7/h7H,2-5H2,1H3. The van der Waals surface area contributed by atoms with Crippen molar-refractivity contribution in [1.82, 2.24) is 4.90 Å². The van der Waals surface area contributed by atoms with E-state index in [0.717, 1.165) is 12.5 Å². The lowest BCUT2D eigenvalue weighted by Crippen LogP contribution is -2.30. The van der Waals surface area contributed by atoms with E-state index in [1.165, 1.54) is 19.3 Å². The minimum absolute atomic E-state index is 0.285. The molecule has 2 nitrogen and oxygen atoms in total. The van der Waals surface area contributed by atoms with Crippen LogP contribution in [0.3, 0.4) is 0 Å². The van der Waals surface area contributed by atoms with Crippen molar-refractivity contribution in [2.24, 2.45) is 5.92 Å². The largest absolute Gasteiger partial charge is 0.300 e. The van der Waals surface area contributed by atoms with E-state index in [-0.39, 0.29) is 5.54 Å². The topological polar surface area (TPSA) is 26.8 Å². The average Bonchev–Trinajstić information content (AvgIpc) is 2.37. The second-order valence-corrected chi connectivity index (χ2v) is 3.67. The lowest BCUT2D eigenvalue weighted by molar-refractivity contribution is 0.225. The zero-order chi connectivity index (χ0) is 7.19. The zero-order valence-corrected chi connectivity index (χ0v) is 6.30. The highest BCUT2D eigenvalue weighted by Gasteiger charge is 2.54. The predicted molar refractivity (Wildman–Crippen MR) is 38.1 cm³/mol. The Hall–Kier alpha value is -0.710. The fourth-order valence-corrected chi connectivity index (χ4v) is 1.81. The number of rotatable bonds is 1. The molecule has 0 aromatic carbocycles. The van der Waals surface area contributed by atoms with Crippen LogP contribution in [0.5, 0.6) is 0 Å². The smallest absolute Gasteiger partial charge is 0.179 e. The second-order valence-electron chi connectivity index (χ2n) is 3.67. The van der Waals surface area contributed by atoms with Gasteiger partial charge in [-0.2, -0.15) is 5.26 Å². The molecule has 0 aromatic rings. The molecule has 0 radical (unpaired) electrons. The minimum Gasteiger partial charge on any atom is -0.300 e. The van der Waals surface area contributed by atoms with Gasteiger partial charge in [0.05, 0.1) is 12.1 Å². The predicted octanol–water partition coefficient (Wildman–Crippen LogP) is 1.34. The van der Waals surface area contributed by atoms with Gasteiger partial charge in [0.15, 0.2) is 6.19 Å². The van der Waals surface area contributed by atoms with Crippen molar-refractivity contribution in [3.63, 3.8) is 0 Å². The van der Waals surface area contributed by atoms with Gasteiger partial charge in [0.1, 0.15) is 0 Å². The maximum Gasteiger partial charge on any atom is 0.179 e. The molecular weight excluding hydrogens is 124 g/mol. The Bertz CT molecular complexity index is 190.